The molecule has 7 nitrogen and oxygen atoms in total. The third-order valence-corrected chi connectivity index (χ3v) is 6.27. The summed E-state index contributed by atoms with van der Waals surface area (Å²) in [7, 11) is -4.64. The first-order valence-corrected chi connectivity index (χ1v) is 13.2. The molecule has 0 aromatic carbocycles. The van der Waals surface area contributed by atoms with Crippen molar-refractivity contribution in [1.29, 1.82) is 0 Å². The quantitative estimate of drug-likeness (QED) is 0.136. The molecule has 0 aliphatic heterocycles. The van der Waals surface area contributed by atoms with E-state index >= 15 is 0 Å². The normalized spacial score (nSPS) is 11.2. The van der Waals surface area contributed by atoms with Crippen LogP contribution in [0.2, 0.25) is 0 Å². The summed E-state index contributed by atoms with van der Waals surface area (Å²) in [6.45, 7) is 2.14. The van der Waals surface area contributed by atoms with Crippen molar-refractivity contribution in [3.63, 3.8) is 0 Å². The summed E-state index contributed by atoms with van der Waals surface area (Å²) in [6, 6.07) is 0. The zero-order chi connectivity index (χ0) is 22.7. The number of carbonyl (C=O) groups is 2. The van der Waals surface area contributed by atoms with Crippen molar-refractivity contribution in [3.8, 4) is 0 Å². The molecule has 0 atom stereocenters. The molecule has 0 heterocycles. The Morgan fingerprint density at radius 2 is 1.03 bits per heavy atom. The Labute approximate surface area is 211 Å². The molecular formula is C22H44NNaO6S. The van der Waals surface area contributed by atoms with Crippen LogP contribution in [0.5, 0.6) is 0 Å². The Hall–Kier alpha value is -0.150. The Morgan fingerprint density at radius 1 is 0.677 bits per heavy atom. The molecule has 0 bridgehead atoms. The van der Waals surface area contributed by atoms with Gasteiger partial charge < -0.3 is 5.11 Å². The van der Waals surface area contributed by atoms with E-state index in [1.165, 1.54) is 70.6 Å². The van der Waals surface area contributed by atoms with Crippen LogP contribution in [0.25, 0.3) is 0 Å². The van der Waals surface area contributed by atoms with E-state index in [0.29, 0.717) is 10.7 Å². The van der Waals surface area contributed by atoms with Crippen LogP contribution < -0.4 is 0 Å². The van der Waals surface area contributed by atoms with Gasteiger partial charge in [-0.3, -0.25) is 14.1 Å². The van der Waals surface area contributed by atoms with Gasteiger partial charge in [0, 0.05) is 13.0 Å². The van der Waals surface area contributed by atoms with E-state index in [1.54, 1.807) is 0 Å². The number of hydrogen-bond donors (Lipinski definition) is 2. The average Bonchev–Trinajstić information content (AvgIpc) is 2.67. The molecule has 0 fully saturated rings. The molecular weight excluding hydrogens is 429 g/mol. The number of amides is 1. The van der Waals surface area contributed by atoms with Crippen LogP contribution in [-0.2, 0) is 19.9 Å². The second-order valence-corrected chi connectivity index (χ2v) is 9.48. The number of unbranched alkanes of at least 4 members (excludes halogenated alkanes) is 15. The fraction of sp³-hybridized carbons (Fsp3) is 0.909. The predicted octanol–water partition coefficient (Wildman–Crippen LogP) is 5.10. The van der Waals surface area contributed by atoms with Crippen LogP contribution in [0.4, 0.5) is 0 Å². The summed E-state index contributed by atoms with van der Waals surface area (Å²) < 4.78 is 32.2. The maximum atomic E-state index is 11.8. The van der Waals surface area contributed by atoms with E-state index in [1.807, 2.05) is 0 Å². The first kappa shape index (κ1) is 33.0. The first-order chi connectivity index (χ1) is 14.3. The molecule has 0 aromatic rings. The summed E-state index contributed by atoms with van der Waals surface area (Å²) in [6.07, 6.45) is 18.2. The number of aliphatic carboxylic acids is 1. The zero-order valence-electron chi connectivity index (χ0n) is 18.8. The number of carbonyl (C=O) groups excluding carboxylic acids is 1. The van der Waals surface area contributed by atoms with E-state index in [0.717, 1.165) is 25.7 Å². The van der Waals surface area contributed by atoms with Crippen LogP contribution in [-0.4, -0.2) is 70.4 Å². The van der Waals surface area contributed by atoms with Gasteiger partial charge in [-0.15, -0.1) is 0 Å². The van der Waals surface area contributed by atoms with Gasteiger partial charge in [0.05, 0.1) is 6.42 Å². The summed E-state index contributed by atoms with van der Waals surface area (Å²) >= 11 is 0. The molecule has 0 aliphatic rings. The van der Waals surface area contributed by atoms with Crippen LogP contribution in [0.1, 0.15) is 122 Å². The van der Waals surface area contributed by atoms with Crippen molar-refractivity contribution < 1.29 is 27.7 Å². The number of hydrogen-bond acceptors (Lipinski definition) is 4. The van der Waals surface area contributed by atoms with Gasteiger partial charge in [0.2, 0.25) is 5.91 Å². The van der Waals surface area contributed by atoms with Gasteiger partial charge in [0.15, 0.2) is 0 Å². The van der Waals surface area contributed by atoms with Crippen molar-refractivity contribution in [1.82, 2.24) is 4.31 Å². The van der Waals surface area contributed by atoms with E-state index in [9.17, 15) is 18.0 Å². The third-order valence-electron chi connectivity index (χ3n) is 5.32. The molecule has 0 saturated carbocycles. The van der Waals surface area contributed by atoms with Gasteiger partial charge in [0.1, 0.15) is 0 Å². The van der Waals surface area contributed by atoms with Crippen molar-refractivity contribution in [2.24, 2.45) is 0 Å². The summed E-state index contributed by atoms with van der Waals surface area (Å²) in [5.41, 5.74) is 0. The van der Waals surface area contributed by atoms with Crippen molar-refractivity contribution in [2.75, 3.05) is 6.54 Å². The van der Waals surface area contributed by atoms with Crippen LogP contribution >= 0.6 is 0 Å². The van der Waals surface area contributed by atoms with Crippen LogP contribution in [0, 0.1) is 0 Å². The summed E-state index contributed by atoms with van der Waals surface area (Å²) in [4.78, 5) is 22.3. The molecule has 0 aliphatic carbocycles. The molecule has 1 amide bonds. The van der Waals surface area contributed by atoms with E-state index in [4.69, 9.17) is 9.66 Å². The fourth-order valence-electron chi connectivity index (χ4n) is 3.51. The van der Waals surface area contributed by atoms with Gasteiger partial charge in [-0.1, -0.05) is 103 Å². The van der Waals surface area contributed by atoms with E-state index in [2.05, 4.69) is 6.92 Å². The Bertz CT molecular complexity index is 556. The second-order valence-electron chi connectivity index (χ2n) is 8.14. The standard InChI is InChI=1S/C22H43NO6S.Na.H/c1-2-3-4-5-6-7-8-9-10-11-12-13-14-15-16-17-20-23(30(27,28)29)21(24)18-19-22(25)26;;/h2-20H2,1H3,(H,25,26)(H,27,28,29);;. The summed E-state index contributed by atoms with van der Waals surface area (Å²) in [5, 5.41) is 8.59. The Kier molecular flexibility index (Phi) is 23.1. The maximum absolute atomic E-state index is 11.8. The molecule has 0 radical (unpaired) electrons. The second kappa shape index (κ2) is 21.7. The van der Waals surface area contributed by atoms with Crippen LogP contribution in [0.15, 0.2) is 0 Å². The van der Waals surface area contributed by atoms with Crippen molar-refractivity contribution >= 4 is 51.7 Å². The number of carboxylic acid groups (broad SMARTS) is 1. The molecule has 2 N–H and O–H groups in total. The van der Waals surface area contributed by atoms with Gasteiger partial charge >= 0.3 is 45.8 Å². The monoisotopic (exact) mass is 473 g/mol. The Balaban J connectivity index is 0. The van der Waals surface area contributed by atoms with Crippen molar-refractivity contribution in [2.45, 2.75) is 122 Å². The van der Waals surface area contributed by atoms with Crippen LogP contribution in [0.3, 0.4) is 0 Å². The number of carboxylic acids is 1. The zero-order valence-corrected chi connectivity index (χ0v) is 19.6. The third kappa shape index (κ3) is 21.5. The van der Waals surface area contributed by atoms with E-state index < -0.39 is 35.0 Å². The molecule has 0 aromatic heterocycles. The van der Waals surface area contributed by atoms with Crippen molar-refractivity contribution in [3.05, 3.63) is 0 Å². The minimum atomic E-state index is -4.64. The van der Waals surface area contributed by atoms with E-state index in [-0.39, 0.29) is 36.1 Å². The molecule has 0 spiro atoms. The number of nitrogens with zero attached hydrogens (tertiary/aromatic N) is 1. The predicted molar refractivity (Wildman–Crippen MR) is 127 cm³/mol. The molecule has 180 valence electrons. The molecule has 0 unspecified atom stereocenters. The van der Waals surface area contributed by atoms with Gasteiger partial charge in [-0.25, -0.2) is 4.31 Å². The molecule has 9 heteroatoms. The first-order valence-electron chi connectivity index (χ1n) is 11.8. The SMILES string of the molecule is CCCCCCCCCCCCCCCCCCN(C(=O)CCC(=O)O)S(=O)(=O)O.[NaH]. The topological polar surface area (TPSA) is 112 Å². The van der Waals surface area contributed by atoms with Gasteiger partial charge in [-0.05, 0) is 6.42 Å². The average molecular weight is 474 g/mol. The van der Waals surface area contributed by atoms with Gasteiger partial charge in [0.25, 0.3) is 0 Å². The number of rotatable bonds is 21. The summed E-state index contributed by atoms with van der Waals surface area (Å²) in [5.74, 6) is -2.05. The van der Waals surface area contributed by atoms with Gasteiger partial charge in [-0.2, -0.15) is 8.42 Å². The Morgan fingerprint density at radius 3 is 1.35 bits per heavy atom. The minimum absolute atomic E-state index is 0. The molecule has 0 saturated heterocycles. The fourth-order valence-corrected chi connectivity index (χ4v) is 4.22. The molecule has 0 rings (SSSR count). The molecule has 31 heavy (non-hydrogen) atoms.